The second kappa shape index (κ2) is 6.88. The monoisotopic (exact) mass is 232 g/mol. The first kappa shape index (κ1) is 14.5. The molecule has 0 radical (unpaired) electrons. The molecule has 0 unspecified atom stereocenters. The summed E-state index contributed by atoms with van der Waals surface area (Å²) >= 11 is 1.22. The van der Waals surface area contributed by atoms with E-state index in [2.05, 4.69) is 0 Å². The molecule has 15 heavy (non-hydrogen) atoms. The van der Waals surface area contributed by atoms with Crippen molar-refractivity contribution in [1.29, 1.82) is 0 Å². The van der Waals surface area contributed by atoms with Crippen molar-refractivity contribution in [3.05, 3.63) is 0 Å². The number of carbonyl (C=O) groups excluding carboxylic acids is 2. The third-order valence-corrected chi connectivity index (χ3v) is 3.50. The molecule has 0 saturated carbocycles. The van der Waals surface area contributed by atoms with Crippen LogP contribution in [0.25, 0.3) is 0 Å². The Bertz CT molecular complexity index is 224. The van der Waals surface area contributed by atoms with Gasteiger partial charge in [-0.1, -0.05) is 32.5 Å². The van der Waals surface area contributed by atoms with Crippen molar-refractivity contribution in [3.63, 3.8) is 0 Å². The first-order valence-electron chi connectivity index (χ1n) is 5.27. The van der Waals surface area contributed by atoms with E-state index in [4.69, 9.17) is 4.74 Å². The van der Waals surface area contributed by atoms with Gasteiger partial charge in [0.05, 0.1) is 13.0 Å². The summed E-state index contributed by atoms with van der Waals surface area (Å²) < 4.78 is 4.77. The minimum absolute atomic E-state index is 0.147. The van der Waals surface area contributed by atoms with Crippen LogP contribution in [-0.2, 0) is 14.3 Å². The standard InChI is InChI=1S/C11H20O3S/c1-5-11(3,4)10(13)15-8-7-9(12)14-6-2/h5-8H2,1-4H3. The molecule has 0 fully saturated rings. The number of carbonyl (C=O) groups is 2. The quantitative estimate of drug-likeness (QED) is 0.660. The fourth-order valence-corrected chi connectivity index (χ4v) is 1.79. The van der Waals surface area contributed by atoms with Crippen molar-refractivity contribution in [2.75, 3.05) is 12.4 Å². The molecule has 0 heterocycles. The van der Waals surface area contributed by atoms with Gasteiger partial charge in [-0.25, -0.2) is 0 Å². The van der Waals surface area contributed by atoms with Gasteiger partial charge in [0, 0.05) is 11.2 Å². The Labute approximate surface area is 95.9 Å². The highest BCUT2D eigenvalue weighted by molar-refractivity contribution is 8.13. The number of hydrogen-bond acceptors (Lipinski definition) is 4. The first-order valence-corrected chi connectivity index (χ1v) is 6.25. The average molecular weight is 232 g/mol. The molecule has 88 valence electrons. The Morgan fingerprint density at radius 3 is 2.33 bits per heavy atom. The molecule has 0 aromatic rings. The van der Waals surface area contributed by atoms with E-state index in [0.717, 1.165) is 6.42 Å². The third-order valence-electron chi connectivity index (χ3n) is 2.28. The van der Waals surface area contributed by atoms with Crippen LogP contribution in [0.5, 0.6) is 0 Å². The molecule has 0 aromatic heterocycles. The first-order chi connectivity index (χ1) is 6.94. The minimum atomic E-state index is -0.292. The molecular formula is C11H20O3S. The van der Waals surface area contributed by atoms with Gasteiger partial charge in [-0.2, -0.15) is 0 Å². The van der Waals surface area contributed by atoms with Crippen LogP contribution in [-0.4, -0.2) is 23.4 Å². The highest BCUT2D eigenvalue weighted by Gasteiger charge is 2.25. The van der Waals surface area contributed by atoms with E-state index in [9.17, 15) is 9.59 Å². The van der Waals surface area contributed by atoms with Crippen molar-refractivity contribution in [2.45, 2.75) is 40.5 Å². The second-order valence-corrected chi connectivity index (χ2v) is 5.00. The van der Waals surface area contributed by atoms with Crippen LogP contribution >= 0.6 is 11.8 Å². The van der Waals surface area contributed by atoms with E-state index >= 15 is 0 Å². The maximum atomic E-state index is 11.6. The number of rotatable bonds is 6. The molecule has 0 aromatic carbocycles. The van der Waals surface area contributed by atoms with Gasteiger partial charge in [-0.05, 0) is 13.3 Å². The van der Waals surface area contributed by atoms with Crippen molar-refractivity contribution in [2.24, 2.45) is 5.41 Å². The van der Waals surface area contributed by atoms with Gasteiger partial charge in [-0.3, -0.25) is 9.59 Å². The van der Waals surface area contributed by atoms with Crippen LogP contribution in [0.3, 0.4) is 0 Å². The molecule has 0 amide bonds. The molecule has 0 rings (SSSR count). The number of hydrogen-bond donors (Lipinski definition) is 0. The predicted octanol–water partition coefficient (Wildman–Crippen LogP) is 2.64. The molecule has 0 aliphatic carbocycles. The maximum Gasteiger partial charge on any atom is 0.306 e. The highest BCUT2D eigenvalue weighted by Crippen LogP contribution is 2.27. The van der Waals surface area contributed by atoms with Crippen LogP contribution in [0, 0.1) is 5.41 Å². The summed E-state index contributed by atoms with van der Waals surface area (Å²) in [7, 11) is 0. The van der Waals surface area contributed by atoms with Crippen LogP contribution in [0.2, 0.25) is 0 Å². The molecular weight excluding hydrogens is 212 g/mol. The van der Waals surface area contributed by atoms with Crippen LogP contribution in [0.4, 0.5) is 0 Å². The van der Waals surface area contributed by atoms with Gasteiger partial charge in [0.15, 0.2) is 5.12 Å². The molecule has 0 aliphatic rings. The molecule has 0 aliphatic heterocycles. The lowest BCUT2D eigenvalue weighted by atomic mass is 9.92. The van der Waals surface area contributed by atoms with Gasteiger partial charge in [0.25, 0.3) is 0 Å². The summed E-state index contributed by atoms with van der Waals surface area (Å²) in [4.78, 5) is 22.6. The zero-order chi connectivity index (χ0) is 11.9. The normalized spacial score (nSPS) is 11.2. The van der Waals surface area contributed by atoms with Crippen LogP contribution in [0.1, 0.15) is 40.5 Å². The Morgan fingerprint density at radius 2 is 1.87 bits per heavy atom. The van der Waals surface area contributed by atoms with E-state index in [1.165, 1.54) is 11.8 Å². The molecule has 0 bridgehead atoms. The lowest BCUT2D eigenvalue weighted by molar-refractivity contribution is -0.142. The summed E-state index contributed by atoms with van der Waals surface area (Å²) in [5, 5.41) is 0.147. The lowest BCUT2D eigenvalue weighted by Gasteiger charge is -2.19. The molecule has 0 saturated heterocycles. The zero-order valence-corrected chi connectivity index (χ0v) is 10.8. The Hall–Kier alpha value is -0.510. The smallest absolute Gasteiger partial charge is 0.306 e. The fourth-order valence-electron chi connectivity index (χ4n) is 0.800. The zero-order valence-electron chi connectivity index (χ0n) is 9.96. The lowest BCUT2D eigenvalue weighted by Crippen LogP contribution is -2.20. The Kier molecular flexibility index (Phi) is 6.65. The highest BCUT2D eigenvalue weighted by atomic mass is 32.2. The summed E-state index contributed by atoms with van der Waals surface area (Å²) in [5.41, 5.74) is -0.292. The SMILES string of the molecule is CCOC(=O)CCSC(=O)C(C)(C)CC. The Balaban J connectivity index is 3.78. The second-order valence-electron chi connectivity index (χ2n) is 3.93. The van der Waals surface area contributed by atoms with E-state index in [1.54, 1.807) is 6.92 Å². The van der Waals surface area contributed by atoms with Crippen molar-refractivity contribution in [1.82, 2.24) is 0 Å². The molecule has 3 nitrogen and oxygen atoms in total. The van der Waals surface area contributed by atoms with Crippen molar-refractivity contribution < 1.29 is 14.3 Å². The van der Waals surface area contributed by atoms with Crippen LogP contribution in [0.15, 0.2) is 0 Å². The fraction of sp³-hybridized carbons (Fsp3) is 0.818. The molecule has 0 spiro atoms. The van der Waals surface area contributed by atoms with E-state index in [1.807, 2.05) is 20.8 Å². The summed E-state index contributed by atoms with van der Waals surface area (Å²) in [6.45, 7) is 8.01. The van der Waals surface area contributed by atoms with Crippen LogP contribution < -0.4 is 0 Å². The summed E-state index contributed by atoms with van der Waals surface area (Å²) in [6, 6.07) is 0. The third kappa shape index (κ3) is 5.82. The van der Waals surface area contributed by atoms with Gasteiger partial charge in [0.2, 0.25) is 0 Å². The van der Waals surface area contributed by atoms with E-state index in [0.29, 0.717) is 18.8 Å². The summed E-state index contributed by atoms with van der Waals surface area (Å²) in [6.07, 6.45) is 1.13. The molecule has 0 N–H and O–H groups in total. The van der Waals surface area contributed by atoms with Crippen molar-refractivity contribution in [3.8, 4) is 0 Å². The average Bonchev–Trinajstić information content (AvgIpc) is 2.18. The van der Waals surface area contributed by atoms with Gasteiger partial charge in [0.1, 0.15) is 0 Å². The molecule has 0 atom stereocenters. The van der Waals surface area contributed by atoms with E-state index < -0.39 is 0 Å². The maximum absolute atomic E-state index is 11.6. The van der Waals surface area contributed by atoms with Gasteiger partial charge >= 0.3 is 5.97 Å². The van der Waals surface area contributed by atoms with Gasteiger partial charge in [-0.15, -0.1) is 0 Å². The Morgan fingerprint density at radius 1 is 1.27 bits per heavy atom. The van der Waals surface area contributed by atoms with Crippen molar-refractivity contribution >= 4 is 22.8 Å². The number of ether oxygens (including phenoxy) is 1. The molecule has 4 heteroatoms. The number of thioether (sulfide) groups is 1. The topological polar surface area (TPSA) is 43.4 Å². The number of esters is 1. The predicted molar refractivity (Wildman–Crippen MR) is 62.8 cm³/mol. The van der Waals surface area contributed by atoms with E-state index in [-0.39, 0.29) is 16.5 Å². The minimum Gasteiger partial charge on any atom is -0.466 e. The summed E-state index contributed by atoms with van der Waals surface area (Å²) in [5.74, 6) is 0.285. The largest absolute Gasteiger partial charge is 0.466 e. The van der Waals surface area contributed by atoms with Gasteiger partial charge < -0.3 is 4.74 Å².